The molecule has 1 N–H and O–H groups in total. The lowest BCUT2D eigenvalue weighted by atomic mass is 10.2. The second-order valence-electron chi connectivity index (χ2n) is 5.57. The number of hydrogen-bond acceptors (Lipinski definition) is 4. The van der Waals surface area contributed by atoms with Crippen LogP contribution in [0.1, 0.15) is 11.5 Å². The lowest BCUT2D eigenvalue weighted by Gasteiger charge is -2.06. The summed E-state index contributed by atoms with van der Waals surface area (Å²) in [7, 11) is 1.57. The fourth-order valence-corrected chi connectivity index (χ4v) is 2.40. The molecule has 0 atom stereocenters. The van der Waals surface area contributed by atoms with Gasteiger partial charge in [-0.25, -0.2) is 13.8 Å². The number of aryl methyl sites for hydroxylation is 1. The van der Waals surface area contributed by atoms with Crippen LogP contribution in [0.25, 0.3) is 11.5 Å². The summed E-state index contributed by atoms with van der Waals surface area (Å²) in [5, 5.41) is 2.23. The summed E-state index contributed by atoms with van der Waals surface area (Å²) in [6.45, 7) is 1.67. The van der Waals surface area contributed by atoms with Gasteiger partial charge in [0, 0.05) is 5.56 Å². The monoisotopic (exact) mass is 358 g/mol. The van der Waals surface area contributed by atoms with Crippen LogP contribution >= 0.6 is 0 Å². The summed E-state index contributed by atoms with van der Waals surface area (Å²) in [5.41, 5.74) is 0.639. The Kier molecular flexibility index (Phi) is 4.97. The number of aromatic nitrogens is 1. The first kappa shape index (κ1) is 17.6. The Bertz CT molecular complexity index is 916. The summed E-state index contributed by atoms with van der Waals surface area (Å²) in [4.78, 5) is 16.4. The van der Waals surface area contributed by atoms with Gasteiger partial charge in [-0.2, -0.15) is 0 Å². The maximum atomic E-state index is 13.6. The fraction of sp³-hybridized carbons (Fsp3) is 0.158. The summed E-state index contributed by atoms with van der Waals surface area (Å²) in [6, 6.07) is 10.5. The SMILES string of the molecule is COc1ccc(-c2nc(CC(=O)Nc3c(F)cccc3F)c(C)o2)cc1. The standard InChI is InChI=1S/C19H16F2N2O3/c1-11-16(10-17(24)23-18-14(20)4-3-5-15(18)21)22-19(26-11)12-6-8-13(25-2)9-7-12/h3-9H,10H2,1-2H3,(H,23,24). The number of carbonyl (C=O) groups is 1. The number of nitrogens with zero attached hydrogens (tertiary/aromatic N) is 1. The lowest BCUT2D eigenvalue weighted by molar-refractivity contribution is -0.115. The third-order valence-electron chi connectivity index (χ3n) is 3.78. The highest BCUT2D eigenvalue weighted by atomic mass is 19.1. The van der Waals surface area contributed by atoms with E-state index in [4.69, 9.17) is 9.15 Å². The van der Waals surface area contributed by atoms with Crippen LogP contribution in [0, 0.1) is 18.6 Å². The third kappa shape index (κ3) is 3.72. The first-order chi connectivity index (χ1) is 12.5. The van der Waals surface area contributed by atoms with Gasteiger partial charge in [0.05, 0.1) is 19.2 Å². The van der Waals surface area contributed by atoms with Crippen LogP contribution in [0.15, 0.2) is 46.9 Å². The number of nitrogens with one attached hydrogen (secondary N) is 1. The number of halogens is 2. The van der Waals surface area contributed by atoms with Crippen LogP contribution in [0.3, 0.4) is 0 Å². The van der Waals surface area contributed by atoms with Crippen molar-refractivity contribution in [2.24, 2.45) is 0 Å². The molecule has 0 aliphatic heterocycles. The molecule has 0 saturated carbocycles. The van der Waals surface area contributed by atoms with Crippen LogP contribution < -0.4 is 10.1 Å². The molecule has 0 spiro atoms. The number of carbonyl (C=O) groups excluding carboxylic acids is 1. The molecule has 0 aliphatic rings. The molecule has 7 heteroatoms. The molecule has 0 fully saturated rings. The molecule has 1 amide bonds. The van der Waals surface area contributed by atoms with Gasteiger partial charge < -0.3 is 14.5 Å². The molecule has 0 saturated heterocycles. The predicted octanol–water partition coefficient (Wildman–Crippen LogP) is 4.12. The molecular formula is C19H16F2N2O3. The molecule has 5 nitrogen and oxygen atoms in total. The van der Waals surface area contributed by atoms with Gasteiger partial charge in [0.1, 0.15) is 28.8 Å². The minimum absolute atomic E-state index is 0.167. The van der Waals surface area contributed by atoms with E-state index in [0.717, 1.165) is 17.7 Å². The van der Waals surface area contributed by atoms with Crippen molar-refractivity contribution in [2.45, 2.75) is 13.3 Å². The van der Waals surface area contributed by atoms with Crippen molar-refractivity contribution in [3.63, 3.8) is 0 Å². The average molecular weight is 358 g/mol. The quantitative estimate of drug-likeness (QED) is 0.745. The van der Waals surface area contributed by atoms with Crippen LogP contribution in [0.4, 0.5) is 14.5 Å². The molecule has 1 aromatic heterocycles. The second-order valence-corrected chi connectivity index (χ2v) is 5.57. The number of para-hydroxylation sites is 1. The van der Waals surface area contributed by atoms with Crippen molar-refractivity contribution >= 4 is 11.6 Å². The fourth-order valence-electron chi connectivity index (χ4n) is 2.40. The van der Waals surface area contributed by atoms with Gasteiger partial charge >= 0.3 is 0 Å². The summed E-state index contributed by atoms with van der Waals surface area (Å²) >= 11 is 0. The first-order valence-electron chi connectivity index (χ1n) is 7.82. The van der Waals surface area contributed by atoms with Crippen LogP contribution in [-0.4, -0.2) is 18.0 Å². The Balaban J connectivity index is 1.76. The summed E-state index contributed by atoms with van der Waals surface area (Å²) in [5.74, 6) is -0.761. The minimum Gasteiger partial charge on any atom is -0.497 e. The number of rotatable bonds is 5. The molecule has 2 aromatic carbocycles. The Morgan fingerprint density at radius 1 is 1.15 bits per heavy atom. The normalized spacial score (nSPS) is 10.6. The number of hydrogen-bond donors (Lipinski definition) is 1. The first-order valence-corrected chi connectivity index (χ1v) is 7.82. The predicted molar refractivity (Wildman–Crippen MR) is 91.9 cm³/mol. The van der Waals surface area contributed by atoms with Crippen molar-refractivity contribution in [1.29, 1.82) is 0 Å². The number of oxazole rings is 1. The zero-order valence-corrected chi connectivity index (χ0v) is 14.2. The molecule has 134 valence electrons. The molecule has 3 aromatic rings. The van der Waals surface area contributed by atoms with Gasteiger partial charge in [-0.1, -0.05) is 6.07 Å². The maximum absolute atomic E-state index is 13.6. The molecular weight excluding hydrogens is 342 g/mol. The molecule has 0 aliphatic carbocycles. The molecule has 1 heterocycles. The van der Waals surface area contributed by atoms with E-state index < -0.39 is 23.2 Å². The molecule has 3 rings (SSSR count). The van der Waals surface area contributed by atoms with E-state index >= 15 is 0 Å². The third-order valence-corrected chi connectivity index (χ3v) is 3.78. The number of ether oxygens (including phenoxy) is 1. The number of anilines is 1. The minimum atomic E-state index is -0.839. The zero-order valence-electron chi connectivity index (χ0n) is 14.2. The van der Waals surface area contributed by atoms with Crippen molar-refractivity contribution < 1.29 is 22.7 Å². The summed E-state index contributed by atoms with van der Waals surface area (Å²) < 4.78 is 37.9. The van der Waals surface area contributed by atoms with Crippen molar-refractivity contribution in [3.8, 4) is 17.2 Å². The summed E-state index contributed by atoms with van der Waals surface area (Å²) in [6.07, 6.45) is -0.167. The topological polar surface area (TPSA) is 64.4 Å². The van der Waals surface area contributed by atoms with E-state index in [1.807, 2.05) is 0 Å². The number of methoxy groups -OCH3 is 1. The molecule has 26 heavy (non-hydrogen) atoms. The van der Waals surface area contributed by atoms with Gasteiger partial charge in [-0.05, 0) is 43.3 Å². The van der Waals surface area contributed by atoms with Gasteiger partial charge in [0.25, 0.3) is 0 Å². The van der Waals surface area contributed by atoms with Gasteiger partial charge in [-0.3, -0.25) is 4.79 Å². The Morgan fingerprint density at radius 2 is 1.81 bits per heavy atom. The van der Waals surface area contributed by atoms with Gasteiger partial charge in [0.15, 0.2) is 0 Å². The van der Waals surface area contributed by atoms with Crippen molar-refractivity contribution in [3.05, 3.63) is 65.6 Å². The average Bonchev–Trinajstić information content (AvgIpc) is 2.99. The van der Waals surface area contributed by atoms with E-state index in [0.29, 0.717) is 23.1 Å². The second kappa shape index (κ2) is 7.35. The number of amides is 1. The molecule has 0 unspecified atom stereocenters. The van der Waals surface area contributed by atoms with E-state index in [-0.39, 0.29) is 6.42 Å². The Labute approximate surface area is 148 Å². The Morgan fingerprint density at radius 3 is 2.42 bits per heavy atom. The van der Waals surface area contributed by atoms with Gasteiger partial charge in [0.2, 0.25) is 11.8 Å². The van der Waals surface area contributed by atoms with Crippen LogP contribution in [0.5, 0.6) is 5.75 Å². The zero-order chi connectivity index (χ0) is 18.7. The Hall–Kier alpha value is -3.22. The van der Waals surface area contributed by atoms with Crippen LogP contribution in [-0.2, 0) is 11.2 Å². The maximum Gasteiger partial charge on any atom is 0.230 e. The van der Waals surface area contributed by atoms with E-state index in [9.17, 15) is 13.6 Å². The molecule has 0 bridgehead atoms. The van der Waals surface area contributed by atoms with Gasteiger partial charge in [-0.15, -0.1) is 0 Å². The van der Waals surface area contributed by atoms with Crippen LogP contribution in [0.2, 0.25) is 0 Å². The van der Waals surface area contributed by atoms with E-state index in [1.165, 1.54) is 6.07 Å². The highest BCUT2D eigenvalue weighted by Gasteiger charge is 2.17. The smallest absolute Gasteiger partial charge is 0.230 e. The highest BCUT2D eigenvalue weighted by molar-refractivity contribution is 5.92. The number of benzene rings is 2. The van der Waals surface area contributed by atoms with Crippen molar-refractivity contribution in [1.82, 2.24) is 4.98 Å². The largest absolute Gasteiger partial charge is 0.497 e. The highest BCUT2D eigenvalue weighted by Crippen LogP contribution is 2.25. The van der Waals surface area contributed by atoms with E-state index in [1.54, 1.807) is 38.3 Å². The lowest BCUT2D eigenvalue weighted by Crippen LogP contribution is -2.17. The van der Waals surface area contributed by atoms with Crippen molar-refractivity contribution in [2.75, 3.05) is 12.4 Å². The molecule has 0 radical (unpaired) electrons. The van der Waals surface area contributed by atoms with E-state index in [2.05, 4.69) is 10.3 Å².